The van der Waals surface area contributed by atoms with Gasteiger partial charge in [0.25, 0.3) is 5.91 Å². The smallest absolute Gasteiger partial charge is 0.352 e. The fourth-order valence-corrected chi connectivity index (χ4v) is 2.00. The summed E-state index contributed by atoms with van der Waals surface area (Å²) in [7, 11) is 3.77. The maximum absolute atomic E-state index is 12.9. The minimum atomic E-state index is -4.56. The monoisotopic (exact) mass is 352 g/mol. The Labute approximate surface area is 124 Å². The van der Waals surface area contributed by atoms with E-state index in [0.717, 1.165) is 12.6 Å². The SMILES string of the molecule is CN(C)CCCNC(=O)c1ccc(Br)cc1C(F)(F)F. The molecular weight excluding hydrogens is 337 g/mol. The average molecular weight is 353 g/mol. The summed E-state index contributed by atoms with van der Waals surface area (Å²) in [5.41, 5.74) is -1.29. The van der Waals surface area contributed by atoms with Crippen molar-refractivity contribution in [2.24, 2.45) is 0 Å². The van der Waals surface area contributed by atoms with Gasteiger partial charge >= 0.3 is 6.18 Å². The molecule has 1 aromatic rings. The van der Waals surface area contributed by atoms with Crippen LogP contribution in [0.4, 0.5) is 13.2 Å². The third kappa shape index (κ3) is 5.13. The van der Waals surface area contributed by atoms with Crippen molar-refractivity contribution >= 4 is 21.8 Å². The summed E-state index contributed by atoms with van der Waals surface area (Å²) in [4.78, 5) is 13.8. The number of carbonyl (C=O) groups excluding carboxylic acids is 1. The van der Waals surface area contributed by atoms with Gasteiger partial charge in [-0.2, -0.15) is 13.2 Å². The van der Waals surface area contributed by atoms with Crippen molar-refractivity contribution in [2.75, 3.05) is 27.2 Å². The highest BCUT2D eigenvalue weighted by molar-refractivity contribution is 9.10. The third-order valence-corrected chi connectivity index (χ3v) is 3.09. The van der Waals surface area contributed by atoms with Gasteiger partial charge in [-0.05, 0) is 45.3 Å². The van der Waals surface area contributed by atoms with Gasteiger partial charge in [0, 0.05) is 11.0 Å². The highest BCUT2D eigenvalue weighted by Gasteiger charge is 2.35. The first kappa shape index (κ1) is 17.0. The van der Waals surface area contributed by atoms with Crippen LogP contribution in [0.1, 0.15) is 22.3 Å². The molecule has 0 aliphatic heterocycles. The highest BCUT2D eigenvalue weighted by Crippen LogP contribution is 2.33. The Balaban J connectivity index is 2.78. The van der Waals surface area contributed by atoms with Crippen molar-refractivity contribution in [1.82, 2.24) is 10.2 Å². The second-order valence-corrected chi connectivity index (χ2v) is 5.52. The molecule has 0 saturated heterocycles. The molecule has 0 fully saturated rings. The summed E-state index contributed by atoms with van der Waals surface area (Å²) in [6.45, 7) is 1.09. The number of nitrogens with one attached hydrogen (secondary N) is 1. The van der Waals surface area contributed by atoms with Gasteiger partial charge in [-0.1, -0.05) is 15.9 Å². The summed E-state index contributed by atoms with van der Waals surface area (Å²) < 4.78 is 38.9. The molecule has 20 heavy (non-hydrogen) atoms. The lowest BCUT2D eigenvalue weighted by molar-refractivity contribution is -0.138. The lowest BCUT2D eigenvalue weighted by atomic mass is 10.1. The minimum absolute atomic E-state index is 0.286. The number of hydrogen-bond donors (Lipinski definition) is 1. The average Bonchev–Trinajstić information content (AvgIpc) is 2.33. The maximum Gasteiger partial charge on any atom is 0.417 e. The first-order valence-electron chi connectivity index (χ1n) is 6.01. The van der Waals surface area contributed by atoms with Crippen LogP contribution in [0.25, 0.3) is 0 Å². The second kappa shape index (κ2) is 7.08. The summed E-state index contributed by atoms with van der Waals surface area (Å²) in [6.07, 6.45) is -3.88. The largest absolute Gasteiger partial charge is 0.417 e. The van der Waals surface area contributed by atoms with Gasteiger partial charge in [-0.3, -0.25) is 4.79 Å². The zero-order chi connectivity index (χ0) is 15.3. The first-order chi connectivity index (χ1) is 9.21. The van der Waals surface area contributed by atoms with E-state index in [0.29, 0.717) is 13.0 Å². The molecule has 0 heterocycles. The normalized spacial score (nSPS) is 11.8. The van der Waals surface area contributed by atoms with Crippen molar-refractivity contribution in [2.45, 2.75) is 12.6 Å². The van der Waals surface area contributed by atoms with E-state index in [1.54, 1.807) is 0 Å². The van der Waals surface area contributed by atoms with Crippen LogP contribution < -0.4 is 5.32 Å². The summed E-state index contributed by atoms with van der Waals surface area (Å²) in [5.74, 6) is -0.705. The van der Waals surface area contributed by atoms with E-state index in [4.69, 9.17) is 0 Å². The van der Waals surface area contributed by atoms with Crippen LogP contribution in [0.2, 0.25) is 0 Å². The Hall–Kier alpha value is -1.08. The molecular formula is C13H16BrF3N2O. The molecule has 0 bridgehead atoms. The number of rotatable bonds is 5. The van der Waals surface area contributed by atoms with Gasteiger partial charge in [-0.25, -0.2) is 0 Å². The molecule has 7 heteroatoms. The van der Waals surface area contributed by atoms with E-state index in [9.17, 15) is 18.0 Å². The first-order valence-corrected chi connectivity index (χ1v) is 6.81. The Morgan fingerprint density at radius 1 is 1.35 bits per heavy atom. The van der Waals surface area contributed by atoms with Crippen molar-refractivity contribution in [3.63, 3.8) is 0 Å². The van der Waals surface area contributed by atoms with Crippen molar-refractivity contribution in [3.05, 3.63) is 33.8 Å². The van der Waals surface area contributed by atoms with Gasteiger partial charge in [0.1, 0.15) is 0 Å². The van der Waals surface area contributed by atoms with Gasteiger partial charge in [-0.15, -0.1) is 0 Å². The molecule has 0 atom stereocenters. The standard InChI is InChI=1S/C13H16BrF3N2O/c1-19(2)7-3-6-18-12(20)10-5-4-9(14)8-11(10)13(15,16)17/h4-5,8H,3,6-7H2,1-2H3,(H,18,20). The predicted molar refractivity (Wildman–Crippen MR) is 74.6 cm³/mol. The molecule has 0 unspecified atom stereocenters. The molecule has 0 saturated carbocycles. The number of benzene rings is 1. The number of carbonyl (C=O) groups is 1. The van der Waals surface area contributed by atoms with Gasteiger partial charge in [0.2, 0.25) is 0 Å². The van der Waals surface area contributed by atoms with Crippen LogP contribution in [0.5, 0.6) is 0 Å². The third-order valence-electron chi connectivity index (χ3n) is 2.60. The van der Waals surface area contributed by atoms with Gasteiger partial charge < -0.3 is 10.2 Å². The number of hydrogen-bond acceptors (Lipinski definition) is 2. The van der Waals surface area contributed by atoms with Crippen LogP contribution in [0.3, 0.4) is 0 Å². The molecule has 0 aromatic heterocycles. The Kier molecular flexibility index (Phi) is 6.01. The molecule has 1 amide bonds. The van der Waals surface area contributed by atoms with Crippen LogP contribution in [0.15, 0.2) is 22.7 Å². The van der Waals surface area contributed by atoms with Crippen molar-refractivity contribution in [1.29, 1.82) is 0 Å². The van der Waals surface area contributed by atoms with Gasteiger partial charge in [0.05, 0.1) is 11.1 Å². The molecule has 0 radical (unpaired) electrons. The van der Waals surface area contributed by atoms with Crippen molar-refractivity contribution in [3.8, 4) is 0 Å². The Bertz CT molecular complexity index is 475. The molecule has 0 spiro atoms. The lowest BCUT2D eigenvalue weighted by Crippen LogP contribution is -2.29. The molecule has 1 aromatic carbocycles. The molecule has 3 nitrogen and oxygen atoms in total. The number of halogens is 4. The molecule has 0 aliphatic rings. The van der Waals surface area contributed by atoms with Gasteiger partial charge in [0.15, 0.2) is 0 Å². The van der Waals surface area contributed by atoms with Crippen LogP contribution in [0, 0.1) is 0 Å². The van der Waals surface area contributed by atoms with E-state index in [-0.39, 0.29) is 10.0 Å². The number of amides is 1. The summed E-state index contributed by atoms with van der Waals surface area (Å²) >= 11 is 2.98. The number of alkyl halides is 3. The number of nitrogens with zero attached hydrogens (tertiary/aromatic N) is 1. The molecule has 0 aliphatic carbocycles. The zero-order valence-electron chi connectivity index (χ0n) is 11.2. The van der Waals surface area contributed by atoms with Crippen LogP contribution >= 0.6 is 15.9 Å². The lowest BCUT2D eigenvalue weighted by Gasteiger charge is -2.14. The summed E-state index contributed by atoms with van der Waals surface area (Å²) in [6, 6.07) is 3.51. The van der Waals surface area contributed by atoms with Crippen molar-refractivity contribution < 1.29 is 18.0 Å². The van der Waals surface area contributed by atoms with Crippen LogP contribution in [-0.4, -0.2) is 38.0 Å². The quantitative estimate of drug-likeness (QED) is 0.825. The predicted octanol–water partition coefficient (Wildman–Crippen LogP) is 3.15. The van der Waals surface area contributed by atoms with Crippen LogP contribution in [-0.2, 0) is 6.18 Å². The fourth-order valence-electron chi connectivity index (χ4n) is 1.64. The highest BCUT2D eigenvalue weighted by atomic mass is 79.9. The second-order valence-electron chi connectivity index (χ2n) is 4.60. The topological polar surface area (TPSA) is 32.3 Å². The fraction of sp³-hybridized carbons (Fsp3) is 0.462. The Morgan fingerprint density at radius 3 is 2.55 bits per heavy atom. The van der Waals surface area contributed by atoms with E-state index in [2.05, 4.69) is 21.2 Å². The Morgan fingerprint density at radius 2 is 2.00 bits per heavy atom. The minimum Gasteiger partial charge on any atom is -0.352 e. The van der Waals surface area contributed by atoms with E-state index in [1.807, 2.05) is 19.0 Å². The van der Waals surface area contributed by atoms with E-state index < -0.39 is 17.6 Å². The summed E-state index contributed by atoms with van der Waals surface area (Å²) in [5, 5.41) is 2.51. The molecule has 1 rings (SSSR count). The van der Waals surface area contributed by atoms with E-state index in [1.165, 1.54) is 12.1 Å². The zero-order valence-corrected chi connectivity index (χ0v) is 12.8. The van der Waals surface area contributed by atoms with E-state index >= 15 is 0 Å². The maximum atomic E-state index is 12.9. The molecule has 1 N–H and O–H groups in total. The molecule has 112 valence electrons.